The Kier molecular flexibility index (Phi) is 4.13. The van der Waals surface area contributed by atoms with E-state index in [-0.39, 0.29) is 6.04 Å². The number of hydrogen-bond acceptors (Lipinski definition) is 6. The molecule has 0 amide bonds. The molecule has 0 fully saturated rings. The number of rotatable bonds is 6. The van der Waals surface area contributed by atoms with E-state index in [1.54, 1.807) is 12.5 Å². The number of aromatic amines is 1. The van der Waals surface area contributed by atoms with Crippen LogP contribution in [0.3, 0.4) is 0 Å². The average Bonchev–Trinajstić information content (AvgIpc) is 2.95. The molecule has 0 aliphatic rings. The van der Waals surface area contributed by atoms with Crippen molar-refractivity contribution in [2.24, 2.45) is 11.8 Å². The Hall–Kier alpha value is -1.93. The van der Waals surface area contributed by atoms with E-state index in [1.807, 2.05) is 4.68 Å². The van der Waals surface area contributed by atoms with E-state index >= 15 is 0 Å². The second-order valence-electron chi connectivity index (χ2n) is 4.91. The molecular formula is C11H20N8. The van der Waals surface area contributed by atoms with Crippen molar-refractivity contribution in [3.63, 3.8) is 0 Å². The molecular weight excluding hydrogens is 244 g/mol. The lowest BCUT2D eigenvalue weighted by molar-refractivity contribution is 0.447. The Balaban J connectivity index is 2.15. The molecule has 6 N–H and O–H groups in total. The number of hydrazine groups is 1. The van der Waals surface area contributed by atoms with Crippen molar-refractivity contribution in [2.45, 2.75) is 32.9 Å². The van der Waals surface area contributed by atoms with Crippen molar-refractivity contribution in [1.82, 2.24) is 30.4 Å². The number of hydrogen-bond donors (Lipinski definition) is 4. The molecule has 1 unspecified atom stereocenters. The van der Waals surface area contributed by atoms with Gasteiger partial charge in [0.1, 0.15) is 18.0 Å². The van der Waals surface area contributed by atoms with Gasteiger partial charge in [-0.3, -0.25) is 16.4 Å². The smallest absolute Gasteiger partial charge is 0.138 e. The molecule has 0 aliphatic carbocycles. The molecule has 0 radical (unpaired) electrons. The Bertz CT molecular complexity index is 514. The summed E-state index contributed by atoms with van der Waals surface area (Å²) >= 11 is 0. The van der Waals surface area contributed by atoms with E-state index in [4.69, 9.17) is 11.6 Å². The Labute approximate surface area is 111 Å². The second kappa shape index (κ2) is 5.81. The van der Waals surface area contributed by atoms with E-state index in [9.17, 15) is 0 Å². The highest BCUT2D eigenvalue weighted by molar-refractivity contribution is 5.39. The maximum absolute atomic E-state index is 5.81. The molecule has 2 rings (SSSR count). The third kappa shape index (κ3) is 3.09. The monoisotopic (exact) mass is 264 g/mol. The number of H-pyrrole nitrogens is 1. The molecule has 0 spiro atoms. The summed E-state index contributed by atoms with van der Waals surface area (Å²) in [6.45, 7) is 5.10. The highest BCUT2D eigenvalue weighted by Gasteiger charge is 2.18. The van der Waals surface area contributed by atoms with Crippen LogP contribution in [0.4, 0.5) is 5.82 Å². The van der Waals surface area contributed by atoms with Crippen LogP contribution in [0.2, 0.25) is 0 Å². The molecule has 0 aromatic carbocycles. The van der Waals surface area contributed by atoms with E-state index in [0.717, 1.165) is 17.9 Å². The van der Waals surface area contributed by atoms with Gasteiger partial charge in [0.15, 0.2) is 0 Å². The molecule has 0 saturated heterocycles. The van der Waals surface area contributed by atoms with Crippen molar-refractivity contribution in [3.05, 3.63) is 23.9 Å². The largest absolute Gasteiger partial charge is 0.384 e. The normalized spacial score (nSPS) is 13.1. The van der Waals surface area contributed by atoms with Gasteiger partial charge in [-0.05, 0) is 5.92 Å². The summed E-state index contributed by atoms with van der Waals surface area (Å²) in [4.78, 5) is 4.28. The van der Waals surface area contributed by atoms with Crippen molar-refractivity contribution >= 4 is 5.82 Å². The minimum Gasteiger partial charge on any atom is -0.384 e. The highest BCUT2D eigenvalue weighted by Crippen LogP contribution is 2.20. The van der Waals surface area contributed by atoms with Crippen molar-refractivity contribution in [2.75, 3.05) is 5.73 Å². The van der Waals surface area contributed by atoms with Gasteiger partial charge in [0.25, 0.3) is 0 Å². The first-order valence-corrected chi connectivity index (χ1v) is 6.23. The number of nitrogens with one attached hydrogen (secondary N) is 2. The van der Waals surface area contributed by atoms with Gasteiger partial charge in [-0.25, -0.2) is 9.67 Å². The Morgan fingerprint density at radius 3 is 2.84 bits per heavy atom. The molecule has 1 atom stereocenters. The minimum atomic E-state index is -0.145. The molecule has 2 heterocycles. The molecule has 0 bridgehead atoms. The van der Waals surface area contributed by atoms with Crippen LogP contribution in [0.25, 0.3) is 0 Å². The van der Waals surface area contributed by atoms with Gasteiger partial charge < -0.3 is 5.73 Å². The number of nitrogen functional groups attached to an aromatic ring is 1. The van der Waals surface area contributed by atoms with Gasteiger partial charge in [-0.2, -0.15) is 10.2 Å². The zero-order valence-electron chi connectivity index (χ0n) is 11.2. The minimum absolute atomic E-state index is 0.145. The lowest BCUT2D eigenvalue weighted by Crippen LogP contribution is -2.31. The topological polar surface area (TPSA) is 123 Å². The van der Waals surface area contributed by atoms with Crippen molar-refractivity contribution in [1.29, 1.82) is 0 Å². The van der Waals surface area contributed by atoms with Gasteiger partial charge in [0.05, 0.1) is 12.2 Å². The molecule has 2 aromatic heterocycles. The van der Waals surface area contributed by atoms with E-state index < -0.39 is 0 Å². The average molecular weight is 264 g/mol. The van der Waals surface area contributed by atoms with Crippen LogP contribution in [0.5, 0.6) is 0 Å². The maximum Gasteiger partial charge on any atom is 0.138 e. The summed E-state index contributed by atoms with van der Waals surface area (Å²) in [6.07, 6.45) is 3.83. The summed E-state index contributed by atoms with van der Waals surface area (Å²) < 4.78 is 1.89. The van der Waals surface area contributed by atoms with Crippen LogP contribution in [0, 0.1) is 5.92 Å². The molecule has 2 aromatic rings. The third-order valence-electron chi connectivity index (χ3n) is 2.90. The van der Waals surface area contributed by atoms with Crippen LogP contribution >= 0.6 is 0 Å². The molecule has 19 heavy (non-hydrogen) atoms. The first-order valence-electron chi connectivity index (χ1n) is 6.23. The van der Waals surface area contributed by atoms with E-state index in [2.05, 4.69) is 39.6 Å². The molecule has 0 saturated carbocycles. The van der Waals surface area contributed by atoms with Crippen LogP contribution in [-0.4, -0.2) is 25.0 Å². The summed E-state index contributed by atoms with van der Waals surface area (Å²) in [5, 5.41) is 10.8. The maximum atomic E-state index is 5.81. The van der Waals surface area contributed by atoms with E-state index in [0.29, 0.717) is 18.2 Å². The Morgan fingerprint density at radius 1 is 1.47 bits per heavy atom. The number of anilines is 1. The predicted molar refractivity (Wildman–Crippen MR) is 71.6 cm³/mol. The van der Waals surface area contributed by atoms with Crippen molar-refractivity contribution in [3.8, 4) is 0 Å². The van der Waals surface area contributed by atoms with Gasteiger partial charge >= 0.3 is 0 Å². The fraction of sp³-hybridized carbons (Fsp3) is 0.545. The predicted octanol–water partition coefficient (Wildman–Crippen LogP) is -0.0135. The van der Waals surface area contributed by atoms with Crippen LogP contribution in [-0.2, 0) is 13.0 Å². The van der Waals surface area contributed by atoms with Gasteiger partial charge in [0.2, 0.25) is 0 Å². The van der Waals surface area contributed by atoms with E-state index in [1.165, 1.54) is 0 Å². The molecule has 8 nitrogen and oxygen atoms in total. The summed E-state index contributed by atoms with van der Waals surface area (Å²) in [5.74, 6) is 7.48. The Morgan fingerprint density at radius 2 is 2.26 bits per heavy atom. The lowest BCUT2D eigenvalue weighted by atomic mass is 10.1. The fourth-order valence-electron chi connectivity index (χ4n) is 1.97. The number of aromatic nitrogens is 5. The van der Waals surface area contributed by atoms with Crippen LogP contribution in [0.15, 0.2) is 12.5 Å². The molecule has 104 valence electrons. The van der Waals surface area contributed by atoms with Crippen molar-refractivity contribution < 1.29 is 0 Å². The molecule has 8 heteroatoms. The standard InChI is InChI=1S/C11H20N8/c1-7(2)5-19-10(14-6-16-19)3-9(17-13)8-4-15-18-11(8)12/h4,6-7,9,17H,3,5,13H2,1-2H3,(H3,12,15,18). The van der Waals surface area contributed by atoms with Gasteiger partial charge in [-0.15, -0.1) is 0 Å². The summed E-state index contributed by atoms with van der Waals surface area (Å²) in [5.41, 5.74) is 9.39. The van der Waals surface area contributed by atoms with Gasteiger partial charge in [-0.1, -0.05) is 13.8 Å². The first kappa shape index (κ1) is 13.5. The quantitative estimate of drug-likeness (QED) is 0.429. The highest BCUT2D eigenvalue weighted by atomic mass is 15.3. The number of nitrogens with zero attached hydrogens (tertiary/aromatic N) is 4. The zero-order valence-corrected chi connectivity index (χ0v) is 11.2. The second-order valence-corrected chi connectivity index (χ2v) is 4.91. The third-order valence-corrected chi connectivity index (χ3v) is 2.90. The van der Waals surface area contributed by atoms with Crippen LogP contribution < -0.4 is 17.0 Å². The fourth-order valence-corrected chi connectivity index (χ4v) is 1.97. The number of nitrogens with two attached hydrogens (primary N) is 2. The molecule has 0 aliphatic heterocycles. The summed E-state index contributed by atoms with van der Waals surface area (Å²) in [6, 6.07) is -0.145. The zero-order chi connectivity index (χ0) is 13.8. The van der Waals surface area contributed by atoms with Gasteiger partial charge in [0, 0.05) is 18.5 Å². The SMILES string of the molecule is CC(C)Cn1ncnc1CC(NN)c1cn[nH]c1N. The first-order chi connectivity index (χ1) is 9.11. The van der Waals surface area contributed by atoms with Crippen LogP contribution in [0.1, 0.15) is 31.3 Å². The lowest BCUT2D eigenvalue weighted by Gasteiger charge is -2.15. The summed E-state index contributed by atoms with van der Waals surface area (Å²) in [7, 11) is 0.